The fourth-order valence-electron chi connectivity index (χ4n) is 3.51. The van der Waals surface area contributed by atoms with E-state index in [1.807, 2.05) is 0 Å². The number of carbonyl (C=O) groups is 1. The minimum absolute atomic E-state index is 0.247. The molecule has 0 radical (unpaired) electrons. The fourth-order valence-corrected chi connectivity index (χ4v) is 3.51. The van der Waals surface area contributed by atoms with Crippen LogP contribution < -0.4 is 10.6 Å². The molecule has 1 unspecified atom stereocenters. The Morgan fingerprint density at radius 2 is 1.89 bits per heavy atom. The van der Waals surface area contributed by atoms with Gasteiger partial charge in [0.1, 0.15) is 0 Å². The molecule has 2 N–H and O–H groups in total. The van der Waals surface area contributed by atoms with Crippen molar-refractivity contribution in [2.24, 2.45) is 0 Å². The minimum atomic E-state index is 0.247. The van der Waals surface area contributed by atoms with Crippen LogP contribution in [0.3, 0.4) is 0 Å². The summed E-state index contributed by atoms with van der Waals surface area (Å²) in [7, 11) is 0. The highest BCUT2D eigenvalue weighted by molar-refractivity contribution is 5.78. The molecule has 4 heteroatoms. The van der Waals surface area contributed by atoms with Crippen LogP contribution in [0.25, 0.3) is 0 Å². The largest absolute Gasteiger partial charge is 0.352 e. The quantitative estimate of drug-likeness (QED) is 0.760. The van der Waals surface area contributed by atoms with Crippen molar-refractivity contribution in [3.63, 3.8) is 0 Å². The highest BCUT2D eigenvalue weighted by atomic mass is 16.2. The molecule has 3 fully saturated rings. The summed E-state index contributed by atoms with van der Waals surface area (Å²) < 4.78 is 0. The van der Waals surface area contributed by atoms with Crippen LogP contribution in [0.15, 0.2) is 0 Å². The van der Waals surface area contributed by atoms with Crippen molar-refractivity contribution < 1.29 is 4.79 Å². The molecule has 1 aliphatic heterocycles. The molecule has 2 saturated carbocycles. The molecule has 1 saturated heterocycles. The van der Waals surface area contributed by atoms with E-state index in [9.17, 15) is 4.79 Å². The first-order chi connectivity index (χ1) is 9.31. The Morgan fingerprint density at radius 1 is 1.11 bits per heavy atom. The topological polar surface area (TPSA) is 44.4 Å². The lowest BCUT2D eigenvalue weighted by atomic mass is 10.2. The van der Waals surface area contributed by atoms with E-state index in [0.717, 1.165) is 13.1 Å². The van der Waals surface area contributed by atoms with Crippen molar-refractivity contribution in [1.29, 1.82) is 0 Å². The SMILES string of the molecule is O=C(CN(CC1CCCN1)C1CC1)NC1CCCC1. The second-order valence-electron chi connectivity index (χ2n) is 6.50. The maximum absolute atomic E-state index is 12.1. The van der Waals surface area contributed by atoms with E-state index >= 15 is 0 Å². The summed E-state index contributed by atoms with van der Waals surface area (Å²) in [5.74, 6) is 0.247. The second kappa shape index (κ2) is 6.23. The van der Waals surface area contributed by atoms with Gasteiger partial charge < -0.3 is 10.6 Å². The Bertz CT molecular complexity index is 305. The Morgan fingerprint density at radius 3 is 2.53 bits per heavy atom. The average Bonchev–Trinajstić information content (AvgIpc) is 2.87. The molecular weight excluding hydrogens is 238 g/mol. The zero-order valence-corrected chi connectivity index (χ0v) is 11.9. The van der Waals surface area contributed by atoms with Crippen molar-refractivity contribution in [3.05, 3.63) is 0 Å². The standard InChI is InChI=1S/C15H27N3O/c19-15(17-12-4-1-2-5-12)11-18(14-7-8-14)10-13-6-3-9-16-13/h12-14,16H,1-11H2,(H,17,19). The van der Waals surface area contributed by atoms with E-state index in [-0.39, 0.29) is 5.91 Å². The number of amides is 1. The number of carbonyl (C=O) groups excluding carboxylic acids is 1. The number of rotatable bonds is 6. The predicted octanol–water partition coefficient (Wildman–Crippen LogP) is 1.26. The second-order valence-corrected chi connectivity index (χ2v) is 6.50. The Labute approximate surface area is 116 Å². The average molecular weight is 265 g/mol. The molecule has 1 amide bonds. The molecule has 19 heavy (non-hydrogen) atoms. The van der Waals surface area contributed by atoms with Crippen molar-refractivity contribution in [2.75, 3.05) is 19.6 Å². The first kappa shape index (κ1) is 13.4. The first-order valence-electron chi connectivity index (χ1n) is 8.08. The van der Waals surface area contributed by atoms with Gasteiger partial charge in [-0.05, 0) is 45.1 Å². The van der Waals surface area contributed by atoms with Gasteiger partial charge >= 0.3 is 0 Å². The molecule has 2 aliphatic carbocycles. The van der Waals surface area contributed by atoms with Gasteiger partial charge in [0.25, 0.3) is 0 Å². The summed E-state index contributed by atoms with van der Waals surface area (Å²) in [5, 5.41) is 6.76. The van der Waals surface area contributed by atoms with Gasteiger partial charge in [0.15, 0.2) is 0 Å². The van der Waals surface area contributed by atoms with Gasteiger partial charge in [-0.15, -0.1) is 0 Å². The summed E-state index contributed by atoms with van der Waals surface area (Å²) in [5.41, 5.74) is 0. The van der Waals surface area contributed by atoms with Gasteiger partial charge in [-0.1, -0.05) is 12.8 Å². The molecule has 0 aromatic carbocycles. The summed E-state index contributed by atoms with van der Waals surface area (Å²) in [4.78, 5) is 14.6. The maximum atomic E-state index is 12.1. The Hall–Kier alpha value is -0.610. The van der Waals surface area contributed by atoms with Gasteiger partial charge in [0.05, 0.1) is 6.54 Å². The van der Waals surface area contributed by atoms with Crippen LogP contribution >= 0.6 is 0 Å². The molecule has 0 spiro atoms. The zero-order valence-electron chi connectivity index (χ0n) is 11.9. The lowest BCUT2D eigenvalue weighted by Crippen LogP contribution is -2.46. The number of nitrogens with zero attached hydrogens (tertiary/aromatic N) is 1. The molecule has 108 valence electrons. The normalized spacial score (nSPS) is 28.2. The third-order valence-electron chi connectivity index (χ3n) is 4.75. The molecule has 3 rings (SSSR count). The van der Waals surface area contributed by atoms with Crippen LogP contribution in [-0.2, 0) is 4.79 Å². The predicted molar refractivity (Wildman–Crippen MR) is 76.0 cm³/mol. The van der Waals surface area contributed by atoms with E-state index in [1.165, 1.54) is 51.4 Å². The van der Waals surface area contributed by atoms with Crippen LogP contribution in [-0.4, -0.2) is 48.6 Å². The van der Waals surface area contributed by atoms with Gasteiger partial charge in [0, 0.05) is 24.7 Å². The van der Waals surface area contributed by atoms with Crippen molar-refractivity contribution >= 4 is 5.91 Å². The molecule has 4 nitrogen and oxygen atoms in total. The lowest BCUT2D eigenvalue weighted by Gasteiger charge is -2.25. The van der Waals surface area contributed by atoms with E-state index in [1.54, 1.807) is 0 Å². The van der Waals surface area contributed by atoms with Crippen LogP contribution in [0.5, 0.6) is 0 Å². The maximum Gasteiger partial charge on any atom is 0.234 e. The van der Waals surface area contributed by atoms with Gasteiger partial charge in [0.2, 0.25) is 5.91 Å². The highest BCUT2D eigenvalue weighted by Crippen LogP contribution is 2.27. The summed E-state index contributed by atoms with van der Waals surface area (Å²) >= 11 is 0. The molecule has 1 heterocycles. The molecular formula is C15H27N3O. The number of hydrogen-bond donors (Lipinski definition) is 2. The number of hydrogen-bond acceptors (Lipinski definition) is 3. The molecule has 1 atom stereocenters. The third kappa shape index (κ3) is 3.93. The van der Waals surface area contributed by atoms with Gasteiger partial charge in [-0.25, -0.2) is 0 Å². The fraction of sp³-hybridized carbons (Fsp3) is 0.933. The molecule has 0 bridgehead atoms. The third-order valence-corrected chi connectivity index (χ3v) is 4.75. The van der Waals surface area contributed by atoms with Crippen LogP contribution in [0, 0.1) is 0 Å². The Balaban J connectivity index is 1.45. The number of nitrogens with one attached hydrogen (secondary N) is 2. The van der Waals surface area contributed by atoms with E-state index in [0.29, 0.717) is 24.7 Å². The first-order valence-corrected chi connectivity index (χ1v) is 8.08. The smallest absolute Gasteiger partial charge is 0.234 e. The summed E-state index contributed by atoms with van der Waals surface area (Å²) in [6, 6.07) is 1.75. The molecule has 3 aliphatic rings. The van der Waals surface area contributed by atoms with Crippen LogP contribution in [0.1, 0.15) is 51.4 Å². The van der Waals surface area contributed by atoms with Crippen molar-refractivity contribution in [1.82, 2.24) is 15.5 Å². The highest BCUT2D eigenvalue weighted by Gasteiger charge is 2.32. The Kier molecular flexibility index (Phi) is 4.38. The van der Waals surface area contributed by atoms with Crippen LogP contribution in [0.4, 0.5) is 0 Å². The lowest BCUT2D eigenvalue weighted by molar-refractivity contribution is -0.123. The van der Waals surface area contributed by atoms with Gasteiger partial charge in [-0.3, -0.25) is 9.69 Å². The van der Waals surface area contributed by atoms with E-state index in [2.05, 4.69) is 15.5 Å². The molecule has 0 aromatic heterocycles. The van der Waals surface area contributed by atoms with E-state index < -0.39 is 0 Å². The summed E-state index contributed by atoms with van der Waals surface area (Å²) in [6.07, 6.45) is 10.0. The van der Waals surface area contributed by atoms with Gasteiger partial charge in [-0.2, -0.15) is 0 Å². The minimum Gasteiger partial charge on any atom is -0.352 e. The van der Waals surface area contributed by atoms with Crippen molar-refractivity contribution in [2.45, 2.75) is 69.5 Å². The van der Waals surface area contributed by atoms with Crippen LogP contribution in [0.2, 0.25) is 0 Å². The van der Waals surface area contributed by atoms with Crippen molar-refractivity contribution in [3.8, 4) is 0 Å². The zero-order chi connectivity index (χ0) is 13.1. The summed E-state index contributed by atoms with van der Waals surface area (Å²) in [6.45, 7) is 2.82. The molecule has 0 aromatic rings. The van der Waals surface area contributed by atoms with E-state index in [4.69, 9.17) is 0 Å². The monoisotopic (exact) mass is 265 g/mol.